The molecule has 1 radical (unpaired) electrons. The fraction of sp³-hybridized carbons (Fsp3) is 0. The van der Waals surface area contributed by atoms with E-state index in [1.807, 2.05) is 12.3 Å². The normalized spacial score (nSPS) is 9.71. The predicted molar refractivity (Wildman–Crippen MR) is 89.4 cm³/mol. The molecule has 0 spiro atoms. The Morgan fingerprint density at radius 2 is 1.14 bits per heavy atom. The first-order valence-electron chi connectivity index (χ1n) is 6.50. The van der Waals surface area contributed by atoms with Gasteiger partial charge in [-0.15, -0.1) is 0 Å². The molecule has 101 valence electrons. The molecule has 0 atom stereocenters. The Morgan fingerprint density at radius 3 is 1.57 bits per heavy atom. The van der Waals surface area contributed by atoms with Crippen LogP contribution in [0.5, 0.6) is 0 Å². The van der Waals surface area contributed by atoms with Crippen LogP contribution in [0.4, 0.5) is 0 Å². The number of aromatic nitrogens is 1. The number of rotatable bonds is 3. The summed E-state index contributed by atoms with van der Waals surface area (Å²) in [6.45, 7) is 0. The van der Waals surface area contributed by atoms with Gasteiger partial charge in [0.25, 0.3) is 0 Å². The van der Waals surface area contributed by atoms with Crippen LogP contribution in [0.3, 0.4) is 0 Å². The summed E-state index contributed by atoms with van der Waals surface area (Å²) in [4.78, 5) is 4.56. The third kappa shape index (κ3) is 4.16. The van der Waals surface area contributed by atoms with Crippen LogP contribution in [0, 0.1) is 0 Å². The maximum atomic E-state index is 8.17. The molecule has 4 heteroatoms. The molecule has 2 nitrogen and oxygen atoms in total. The maximum absolute atomic E-state index is 8.17. The standard InChI is InChI=1S/C17H14NP.Al.O/c1-3-9-15(10-4-1)19(16-11-5-2-6-12-16)17-13-7-8-14-18-17;;/h1-14H;;. The van der Waals surface area contributed by atoms with Crippen molar-refractivity contribution in [3.05, 3.63) is 85.1 Å². The molecule has 21 heavy (non-hydrogen) atoms. The quantitative estimate of drug-likeness (QED) is 0.549. The number of hydrogen-bond donors (Lipinski definition) is 0. The molecule has 0 fully saturated rings. The Morgan fingerprint density at radius 1 is 0.667 bits per heavy atom. The van der Waals surface area contributed by atoms with Crippen molar-refractivity contribution in [2.45, 2.75) is 0 Å². The molecule has 1 heterocycles. The second-order valence-electron chi connectivity index (χ2n) is 4.19. The molecule has 0 aliphatic carbocycles. The zero-order valence-electron chi connectivity index (χ0n) is 11.5. The van der Waals surface area contributed by atoms with Crippen LogP contribution in [0.25, 0.3) is 0 Å². The second-order valence-corrected chi connectivity index (χ2v) is 6.36. The Bertz CT molecular complexity index is 556. The first-order chi connectivity index (χ1) is 10.4. The van der Waals surface area contributed by atoms with Crippen LogP contribution in [0.2, 0.25) is 0 Å². The van der Waals surface area contributed by atoms with Crippen LogP contribution < -0.4 is 16.0 Å². The summed E-state index contributed by atoms with van der Waals surface area (Å²) in [5.74, 6) is 0. The van der Waals surface area contributed by atoms with Gasteiger partial charge in [0.05, 0.1) is 5.44 Å². The largest absolute Gasteiger partial charge is 0.256 e. The monoisotopic (exact) mass is 306 g/mol. The smallest absolute Gasteiger partial charge is 0.0720 e. The number of pyridine rings is 1. The summed E-state index contributed by atoms with van der Waals surface area (Å²) in [6, 6.07) is 27.4. The van der Waals surface area contributed by atoms with Crippen LogP contribution in [0.1, 0.15) is 0 Å². The van der Waals surface area contributed by atoms with E-state index in [-0.39, 0.29) is 0 Å². The first-order valence-corrected chi connectivity index (χ1v) is 8.31. The van der Waals surface area contributed by atoms with E-state index in [4.69, 9.17) is 3.80 Å². The van der Waals surface area contributed by atoms with Crippen molar-refractivity contribution in [3.63, 3.8) is 0 Å². The fourth-order valence-corrected chi connectivity index (χ4v) is 4.24. The molecule has 3 aromatic rings. The van der Waals surface area contributed by atoms with E-state index in [1.54, 1.807) is 0 Å². The Hall–Kier alpha value is -1.65. The summed E-state index contributed by atoms with van der Waals surface area (Å²) in [6.07, 6.45) is 1.87. The predicted octanol–water partition coefficient (Wildman–Crippen LogP) is 2.34. The van der Waals surface area contributed by atoms with Crippen molar-refractivity contribution < 1.29 is 3.80 Å². The minimum absolute atomic E-state index is 0.557. The number of nitrogens with zero attached hydrogens (tertiary/aromatic N) is 1. The molecule has 1 aromatic heterocycles. The van der Waals surface area contributed by atoms with Crippen LogP contribution in [0.15, 0.2) is 85.1 Å². The van der Waals surface area contributed by atoms with Crippen LogP contribution in [-0.2, 0) is 3.80 Å². The summed E-state index contributed by atoms with van der Waals surface area (Å²) in [7, 11) is -0.557. The minimum atomic E-state index is -0.557. The third-order valence-electron chi connectivity index (χ3n) is 2.91. The molecular formula is C17H14AlNOP. The van der Waals surface area contributed by atoms with Gasteiger partial charge < -0.3 is 0 Å². The number of benzene rings is 2. The van der Waals surface area contributed by atoms with E-state index in [0.29, 0.717) is 0 Å². The van der Waals surface area contributed by atoms with E-state index in [2.05, 4.69) is 77.8 Å². The van der Waals surface area contributed by atoms with Gasteiger partial charge in [0.15, 0.2) is 0 Å². The van der Waals surface area contributed by atoms with Crippen LogP contribution in [-0.4, -0.2) is 21.2 Å². The molecular weight excluding hydrogens is 292 g/mol. The van der Waals surface area contributed by atoms with E-state index in [0.717, 1.165) is 5.44 Å². The Labute approximate surface area is 134 Å². The van der Waals surface area contributed by atoms with Gasteiger partial charge in [0, 0.05) is 14.1 Å². The molecule has 0 amide bonds. The Balaban J connectivity index is 0.000000774. The van der Waals surface area contributed by atoms with E-state index >= 15 is 0 Å². The molecule has 0 saturated carbocycles. The zero-order valence-corrected chi connectivity index (χ0v) is 13.5. The van der Waals surface area contributed by atoms with Crippen molar-refractivity contribution in [2.75, 3.05) is 0 Å². The molecule has 0 saturated heterocycles. The van der Waals surface area contributed by atoms with Crippen molar-refractivity contribution in [3.8, 4) is 0 Å². The molecule has 3 rings (SSSR count). The van der Waals surface area contributed by atoms with Crippen molar-refractivity contribution in [2.24, 2.45) is 0 Å². The third-order valence-corrected chi connectivity index (χ3v) is 5.26. The summed E-state index contributed by atoms with van der Waals surface area (Å²) < 4.78 is 8.17. The maximum Gasteiger partial charge on any atom is 0.0720 e. The van der Waals surface area contributed by atoms with Gasteiger partial charge in [0.1, 0.15) is 0 Å². The zero-order chi connectivity index (χ0) is 14.9. The van der Waals surface area contributed by atoms with Crippen LogP contribution >= 0.6 is 7.92 Å². The topological polar surface area (TPSA) is 30.0 Å². The first kappa shape index (κ1) is 15.7. The van der Waals surface area contributed by atoms with Gasteiger partial charge in [-0.1, -0.05) is 66.7 Å². The van der Waals surface area contributed by atoms with E-state index < -0.39 is 7.92 Å². The average molecular weight is 306 g/mol. The van der Waals surface area contributed by atoms with Gasteiger partial charge in [-0.3, -0.25) is 4.98 Å². The van der Waals surface area contributed by atoms with Gasteiger partial charge in [0.2, 0.25) is 0 Å². The van der Waals surface area contributed by atoms with Crippen molar-refractivity contribution >= 4 is 40.2 Å². The van der Waals surface area contributed by atoms with Crippen molar-refractivity contribution in [1.82, 2.24) is 4.98 Å². The average Bonchev–Trinajstić information content (AvgIpc) is 2.60. The molecule has 0 aliphatic rings. The number of hydrogen-bond acceptors (Lipinski definition) is 2. The van der Waals surface area contributed by atoms with Gasteiger partial charge in [-0.05, 0) is 22.7 Å². The molecule has 2 aromatic carbocycles. The van der Waals surface area contributed by atoms with E-state index in [9.17, 15) is 0 Å². The summed E-state index contributed by atoms with van der Waals surface area (Å²) in [5, 5.41) is 2.67. The molecule has 0 unspecified atom stereocenters. The fourth-order valence-electron chi connectivity index (χ4n) is 2.05. The van der Waals surface area contributed by atoms with Gasteiger partial charge in [-0.25, -0.2) is 0 Å². The van der Waals surface area contributed by atoms with Gasteiger partial charge in [-0.2, -0.15) is 0 Å². The molecule has 0 aliphatic heterocycles. The van der Waals surface area contributed by atoms with Crippen molar-refractivity contribution in [1.29, 1.82) is 0 Å². The summed E-state index contributed by atoms with van der Waals surface area (Å²) in [5.41, 5.74) is 1.15. The summed E-state index contributed by atoms with van der Waals surface area (Å²) >= 11 is 1.17. The molecule has 0 N–H and O–H groups in total. The minimum Gasteiger partial charge on any atom is -0.256 e. The second kappa shape index (κ2) is 8.60. The van der Waals surface area contributed by atoms with Gasteiger partial charge >= 0.3 is 20.0 Å². The SMILES string of the molecule is [O]=[Al].c1ccc(P(c2ccccc2)c2ccccn2)cc1. The Kier molecular flexibility index (Phi) is 6.44. The van der Waals surface area contributed by atoms with E-state index in [1.165, 1.54) is 26.8 Å². The molecule has 0 bridgehead atoms.